The van der Waals surface area contributed by atoms with Gasteiger partial charge in [-0.25, -0.2) is 0 Å². The largest absolute Gasteiger partial charge is 0.497 e. The van der Waals surface area contributed by atoms with Gasteiger partial charge in [-0.15, -0.1) is 11.8 Å². The number of hydrogen-bond acceptors (Lipinski definition) is 4. The molecule has 0 aromatic heterocycles. The second kappa shape index (κ2) is 6.71. The average Bonchev–Trinajstić information content (AvgIpc) is 2.29. The predicted octanol–water partition coefficient (Wildman–Crippen LogP) is 1.50. The van der Waals surface area contributed by atoms with E-state index in [1.54, 1.807) is 18.9 Å². The molecule has 0 radical (unpaired) electrons. The normalized spacial score (nSPS) is 12.5. The van der Waals surface area contributed by atoms with Crippen LogP contribution in [0.5, 0.6) is 5.75 Å². The number of nitrogens with two attached hydrogens (primary N) is 1. The van der Waals surface area contributed by atoms with E-state index in [0.717, 1.165) is 17.9 Å². The lowest BCUT2D eigenvalue weighted by atomic mass is 10.3. The molecule has 4 heteroatoms. The van der Waals surface area contributed by atoms with Gasteiger partial charge in [0, 0.05) is 10.9 Å². The molecule has 1 unspecified atom stereocenters. The lowest BCUT2D eigenvalue weighted by Crippen LogP contribution is -2.24. The highest BCUT2D eigenvalue weighted by Crippen LogP contribution is 2.21. The highest BCUT2D eigenvalue weighted by molar-refractivity contribution is 7.99. The molecule has 1 aromatic rings. The molecule has 0 bridgehead atoms. The van der Waals surface area contributed by atoms with Gasteiger partial charge in [0.15, 0.2) is 0 Å². The van der Waals surface area contributed by atoms with E-state index >= 15 is 0 Å². The molecule has 0 aliphatic carbocycles. The summed E-state index contributed by atoms with van der Waals surface area (Å²) in [6.45, 7) is 0.0587. The monoisotopic (exact) mass is 227 g/mol. The number of hydrogen-bond donors (Lipinski definition) is 2. The van der Waals surface area contributed by atoms with Crippen molar-refractivity contribution >= 4 is 11.8 Å². The predicted molar refractivity (Wildman–Crippen MR) is 63.4 cm³/mol. The minimum atomic E-state index is -0.101. The number of methoxy groups -OCH3 is 1. The maximum absolute atomic E-state index is 8.75. The van der Waals surface area contributed by atoms with E-state index < -0.39 is 0 Å². The maximum Gasteiger partial charge on any atom is 0.118 e. The van der Waals surface area contributed by atoms with Crippen molar-refractivity contribution in [2.24, 2.45) is 5.73 Å². The van der Waals surface area contributed by atoms with Gasteiger partial charge in [0.05, 0.1) is 13.7 Å². The maximum atomic E-state index is 8.75. The molecule has 3 nitrogen and oxygen atoms in total. The van der Waals surface area contributed by atoms with Gasteiger partial charge >= 0.3 is 0 Å². The molecular formula is C11H17NO2S. The van der Waals surface area contributed by atoms with Gasteiger partial charge in [0.2, 0.25) is 0 Å². The summed E-state index contributed by atoms with van der Waals surface area (Å²) in [5.41, 5.74) is 5.60. The SMILES string of the molecule is COc1ccc(SCCC(N)CO)cc1. The Kier molecular flexibility index (Phi) is 5.53. The second-order valence-corrected chi connectivity index (χ2v) is 4.42. The van der Waals surface area contributed by atoms with Crippen molar-refractivity contribution in [2.75, 3.05) is 19.5 Å². The topological polar surface area (TPSA) is 55.5 Å². The van der Waals surface area contributed by atoms with Crippen molar-refractivity contribution in [1.29, 1.82) is 0 Å². The molecule has 0 amide bonds. The van der Waals surface area contributed by atoms with Gasteiger partial charge in [-0.05, 0) is 36.4 Å². The van der Waals surface area contributed by atoms with E-state index in [9.17, 15) is 0 Å². The summed E-state index contributed by atoms with van der Waals surface area (Å²) in [7, 11) is 1.66. The Morgan fingerprint density at radius 1 is 1.40 bits per heavy atom. The van der Waals surface area contributed by atoms with Gasteiger partial charge in [0.1, 0.15) is 5.75 Å². The molecule has 1 rings (SSSR count). The Bertz CT molecular complexity index is 276. The Hall–Kier alpha value is -0.710. The summed E-state index contributed by atoms with van der Waals surface area (Å²) in [4.78, 5) is 1.20. The third-order valence-corrected chi connectivity index (χ3v) is 3.10. The Morgan fingerprint density at radius 3 is 2.60 bits per heavy atom. The fourth-order valence-corrected chi connectivity index (χ4v) is 2.08. The quantitative estimate of drug-likeness (QED) is 0.723. The van der Waals surface area contributed by atoms with E-state index in [1.807, 2.05) is 24.3 Å². The van der Waals surface area contributed by atoms with Crippen LogP contribution in [0.15, 0.2) is 29.2 Å². The molecule has 3 N–H and O–H groups in total. The second-order valence-electron chi connectivity index (χ2n) is 3.26. The number of aliphatic hydroxyl groups is 1. The van der Waals surface area contributed by atoms with Gasteiger partial charge in [0.25, 0.3) is 0 Å². The molecule has 0 aliphatic rings. The van der Waals surface area contributed by atoms with Crippen LogP contribution in [0.3, 0.4) is 0 Å². The van der Waals surface area contributed by atoms with E-state index in [4.69, 9.17) is 15.6 Å². The van der Waals surface area contributed by atoms with Crippen LogP contribution in [0.2, 0.25) is 0 Å². The molecule has 15 heavy (non-hydrogen) atoms. The molecule has 0 heterocycles. The van der Waals surface area contributed by atoms with Gasteiger partial charge in [-0.2, -0.15) is 0 Å². The number of rotatable bonds is 6. The van der Waals surface area contributed by atoms with Crippen LogP contribution in [0.4, 0.5) is 0 Å². The van der Waals surface area contributed by atoms with Crippen molar-refractivity contribution in [1.82, 2.24) is 0 Å². The Balaban J connectivity index is 2.31. The van der Waals surface area contributed by atoms with Crippen LogP contribution >= 0.6 is 11.8 Å². The molecule has 0 fully saturated rings. The molecule has 0 saturated carbocycles. The molecule has 0 saturated heterocycles. The third kappa shape index (κ3) is 4.55. The lowest BCUT2D eigenvalue weighted by Gasteiger charge is -2.07. The van der Waals surface area contributed by atoms with Crippen molar-refractivity contribution in [2.45, 2.75) is 17.4 Å². The van der Waals surface area contributed by atoms with Crippen molar-refractivity contribution in [3.63, 3.8) is 0 Å². The van der Waals surface area contributed by atoms with Crippen LogP contribution < -0.4 is 10.5 Å². The zero-order chi connectivity index (χ0) is 11.1. The van der Waals surface area contributed by atoms with E-state index in [1.165, 1.54) is 4.90 Å². The minimum absolute atomic E-state index is 0.0587. The molecular weight excluding hydrogens is 210 g/mol. The highest BCUT2D eigenvalue weighted by atomic mass is 32.2. The minimum Gasteiger partial charge on any atom is -0.497 e. The smallest absolute Gasteiger partial charge is 0.118 e. The standard InChI is InChI=1S/C11H17NO2S/c1-14-10-2-4-11(5-3-10)15-7-6-9(12)8-13/h2-5,9,13H,6-8,12H2,1H3. The van der Waals surface area contributed by atoms with Gasteiger partial charge in [-0.3, -0.25) is 0 Å². The summed E-state index contributed by atoms with van der Waals surface area (Å²) in [5.74, 6) is 1.79. The first kappa shape index (κ1) is 12.4. The first-order chi connectivity index (χ1) is 7.26. The molecule has 0 spiro atoms. The fourth-order valence-electron chi connectivity index (χ4n) is 1.09. The zero-order valence-electron chi connectivity index (χ0n) is 8.85. The third-order valence-electron chi connectivity index (χ3n) is 2.05. The number of ether oxygens (including phenoxy) is 1. The van der Waals surface area contributed by atoms with Gasteiger partial charge < -0.3 is 15.6 Å². The first-order valence-corrected chi connectivity index (χ1v) is 5.88. The van der Waals surface area contributed by atoms with E-state index in [-0.39, 0.29) is 12.6 Å². The number of thioether (sulfide) groups is 1. The summed E-state index contributed by atoms with van der Waals surface area (Å²) >= 11 is 1.74. The average molecular weight is 227 g/mol. The number of benzene rings is 1. The van der Waals surface area contributed by atoms with Crippen LogP contribution in [-0.4, -0.2) is 30.6 Å². The van der Waals surface area contributed by atoms with E-state index in [2.05, 4.69) is 0 Å². The van der Waals surface area contributed by atoms with Crippen molar-refractivity contribution in [3.8, 4) is 5.75 Å². The molecule has 0 aliphatic heterocycles. The fraction of sp³-hybridized carbons (Fsp3) is 0.455. The number of aliphatic hydroxyl groups excluding tert-OH is 1. The lowest BCUT2D eigenvalue weighted by molar-refractivity contribution is 0.264. The highest BCUT2D eigenvalue weighted by Gasteiger charge is 2.00. The van der Waals surface area contributed by atoms with Crippen LogP contribution in [-0.2, 0) is 0 Å². The summed E-state index contributed by atoms with van der Waals surface area (Å²) in [5, 5.41) is 8.75. The summed E-state index contributed by atoms with van der Waals surface area (Å²) in [6, 6.07) is 7.82. The van der Waals surface area contributed by atoms with Crippen LogP contribution in [0.25, 0.3) is 0 Å². The van der Waals surface area contributed by atoms with Gasteiger partial charge in [-0.1, -0.05) is 0 Å². The summed E-state index contributed by atoms with van der Waals surface area (Å²) in [6.07, 6.45) is 0.827. The molecule has 84 valence electrons. The zero-order valence-corrected chi connectivity index (χ0v) is 9.67. The Morgan fingerprint density at radius 2 is 2.07 bits per heavy atom. The van der Waals surface area contributed by atoms with Crippen molar-refractivity contribution in [3.05, 3.63) is 24.3 Å². The molecule has 1 atom stereocenters. The molecule has 1 aromatic carbocycles. The Labute approximate surface area is 94.6 Å². The van der Waals surface area contributed by atoms with E-state index in [0.29, 0.717) is 0 Å². The van der Waals surface area contributed by atoms with Crippen molar-refractivity contribution < 1.29 is 9.84 Å². The summed E-state index contributed by atoms with van der Waals surface area (Å²) < 4.78 is 5.07. The van der Waals surface area contributed by atoms with Crippen LogP contribution in [0, 0.1) is 0 Å². The van der Waals surface area contributed by atoms with Crippen LogP contribution in [0.1, 0.15) is 6.42 Å². The first-order valence-electron chi connectivity index (χ1n) is 4.89.